The van der Waals surface area contributed by atoms with Crippen molar-refractivity contribution in [2.24, 2.45) is 0 Å². The van der Waals surface area contributed by atoms with Crippen molar-refractivity contribution in [3.05, 3.63) is 39.4 Å². The molecule has 0 spiro atoms. The summed E-state index contributed by atoms with van der Waals surface area (Å²) in [7, 11) is 1.10. The number of rotatable bonds is 7. The Labute approximate surface area is 131 Å². The molecule has 2 unspecified atom stereocenters. The van der Waals surface area contributed by atoms with Gasteiger partial charge < -0.3 is 19.7 Å². The predicted octanol–water partition coefficient (Wildman–Crippen LogP) is 0.729. The van der Waals surface area contributed by atoms with Crippen molar-refractivity contribution in [1.82, 2.24) is 0 Å². The van der Waals surface area contributed by atoms with E-state index >= 15 is 0 Å². The zero-order chi connectivity index (χ0) is 17.6. The summed E-state index contributed by atoms with van der Waals surface area (Å²) >= 11 is 0. The lowest BCUT2D eigenvalue weighted by atomic mass is 9.99. The minimum atomic E-state index is -1.61. The molecule has 1 aromatic rings. The number of hydrogen-bond acceptors (Lipinski definition) is 8. The molecule has 0 fully saturated rings. The second-order valence-electron chi connectivity index (χ2n) is 4.58. The van der Waals surface area contributed by atoms with Crippen molar-refractivity contribution in [3.8, 4) is 0 Å². The summed E-state index contributed by atoms with van der Waals surface area (Å²) in [5.41, 5.74) is -0.694. The molecule has 9 heteroatoms. The number of nitrogens with zero attached hydrogens (tertiary/aromatic N) is 1. The smallest absolute Gasteiger partial charge is 0.338 e. The van der Waals surface area contributed by atoms with Gasteiger partial charge in [0.15, 0.2) is 0 Å². The summed E-state index contributed by atoms with van der Waals surface area (Å²) in [6, 6.07) is 3.14. The van der Waals surface area contributed by atoms with E-state index in [1.54, 1.807) is 6.92 Å². The second-order valence-corrected chi connectivity index (χ2v) is 4.58. The molecule has 1 aromatic carbocycles. The molecule has 0 aliphatic rings. The predicted molar refractivity (Wildman–Crippen MR) is 76.7 cm³/mol. The zero-order valence-electron chi connectivity index (χ0n) is 12.6. The first kappa shape index (κ1) is 18.5. The van der Waals surface area contributed by atoms with Crippen LogP contribution in [0.15, 0.2) is 18.2 Å². The Hall–Kier alpha value is -2.52. The van der Waals surface area contributed by atoms with Crippen molar-refractivity contribution in [2.45, 2.75) is 25.6 Å². The Morgan fingerprint density at radius 3 is 2.48 bits per heavy atom. The molecule has 0 heterocycles. The van der Waals surface area contributed by atoms with Crippen LogP contribution in [0.5, 0.6) is 0 Å². The highest BCUT2D eigenvalue weighted by molar-refractivity contribution is 5.90. The van der Waals surface area contributed by atoms with Crippen molar-refractivity contribution < 1.29 is 34.2 Å². The van der Waals surface area contributed by atoms with E-state index < -0.39 is 41.2 Å². The molecule has 1 rings (SSSR count). The molecule has 0 bridgehead atoms. The fraction of sp³-hybridized carbons (Fsp3) is 0.429. The molecule has 0 amide bonds. The van der Waals surface area contributed by atoms with Crippen LogP contribution in [0.3, 0.4) is 0 Å². The third kappa shape index (κ3) is 5.01. The lowest BCUT2D eigenvalue weighted by Gasteiger charge is -2.18. The van der Waals surface area contributed by atoms with Crippen LogP contribution in [0, 0.1) is 10.1 Å². The average Bonchev–Trinajstić information content (AvgIpc) is 2.52. The molecule has 23 heavy (non-hydrogen) atoms. The van der Waals surface area contributed by atoms with Crippen LogP contribution in [0.25, 0.3) is 0 Å². The fourth-order valence-electron chi connectivity index (χ4n) is 1.87. The average molecular weight is 327 g/mol. The molecule has 2 atom stereocenters. The van der Waals surface area contributed by atoms with Crippen LogP contribution in [-0.2, 0) is 14.3 Å². The lowest BCUT2D eigenvalue weighted by molar-refractivity contribution is -0.385. The number of non-ortho nitro benzene ring substituents is 1. The summed E-state index contributed by atoms with van der Waals surface area (Å²) in [4.78, 5) is 33.0. The molecule has 0 aromatic heterocycles. The number of hydrogen-bond donors (Lipinski definition) is 2. The van der Waals surface area contributed by atoms with E-state index in [4.69, 9.17) is 0 Å². The summed E-state index contributed by atoms with van der Waals surface area (Å²) in [6.07, 6.45) is -3.64. The van der Waals surface area contributed by atoms with Gasteiger partial charge in [-0.25, -0.2) is 4.79 Å². The van der Waals surface area contributed by atoms with Gasteiger partial charge in [0.2, 0.25) is 0 Å². The van der Waals surface area contributed by atoms with Gasteiger partial charge in [-0.1, -0.05) is 0 Å². The maximum Gasteiger partial charge on any atom is 0.338 e. The standard InChI is InChI=1S/C14H17NO8/c1-3-23-12(17)7-11(16)13(18)8-4-9(14(19)22-2)6-10(5-8)15(20)21/h4-6,11,13,16,18H,3,7H2,1-2H3. The van der Waals surface area contributed by atoms with E-state index in [0.717, 1.165) is 25.3 Å². The van der Waals surface area contributed by atoms with Gasteiger partial charge in [0, 0.05) is 12.1 Å². The Morgan fingerprint density at radius 2 is 1.96 bits per heavy atom. The van der Waals surface area contributed by atoms with Gasteiger partial charge in [-0.3, -0.25) is 14.9 Å². The van der Waals surface area contributed by atoms with Gasteiger partial charge >= 0.3 is 11.9 Å². The van der Waals surface area contributed by atoms with Crippen molar-refractivity contribution >= 4 is 17.6 Å². The number of benzene rings is 1. The van der Waals surface area contributed by atoms with Gasteiger partial charge in [-0.05, 0) is 18.6 Å². The van der Waals surface area contributed by atoms with Crippen LogP contribution in [0.2, 0.25) is 0 Å². The Bertz CT molecular complexity index is 600. The van der Waals surface area contributed by atoms with Crippen molar-refractivity contribution in [1.29, 1.82) is 0 Å². The molecule has 0 saturated carbocycles. The highest BCUT2D eigenvalue weighted by Gasteiger charge is 2.25. The monoisotopic (exact) mass is 327 g/mol. The Balaban J connectivity index is 3.09. The Kier molecular flexibility index (Phi) is 6.61. The zero-order valence-corrected chi connectivity index (χ0v) is 12.6. The largest absolute Gasteiger partial charge is 0.466 e. The van der Waals surface area contributed by atoms with Gasteiger partial charge in [0.05, 0.1) is 36.7 Å². The fourth-order valence-corrected chi connectivity index (χ4v) is 1.87. The summed E-state index contributed by atoms with van der Waals surface area (Å²) in [6.45, 7) is 1.70. The number of aliphatic hydroxyl groups is 2. The third-order valence-corrected chi connectivity index (χ3v) is 2.96. The lowest BCUT2D eigenvalue weighted by Crippen LogP contribution is -2.23. The molecule has 0 aliphatic carbocycles. The first-order chi connectivity index (χ1) is 10.8. The van der Waals surface area contributed by atoms with E-state index in [9.17, 15) is 29.9 Å². The topological polar surface area (TPSA) is 136 Å². The maximum absolute atomic E-state index is 11.5. The molecule has 0 saturated heterocycles. The number of esters is 2. The summed E-state index contributed by atoms with van der Waals surface area (Å²) < 4.78 is 9.13. The van der Waals surface area contributed by atoms with Crippen LogP contribution in [0.4, 0.5) is 5.69 Å². The molecular weight excluding hydrogens is 310 g/mol. The van der Waals surface area contributed by atoms with E-state index in [-0.39, 0.29) is 17.7 Å². The summed E-state index contributed by atoms with van der Waals surface area (Å²) in [5.74, 6) is -1.56. The number of carbonyl (C=O) groups excluding carboxylic acids is 2. The van der Waals surface area contributed by atoms with Gasteiger partial charge in [0.1, 0.15) is 6.10 Å². The van der Waals surface area contributed by atoms with Gasteiger partial charge in [0.25, 0.3) is 5.69 Å². The number of aliphatic hydroxyl groups excluding tert-OH is 2. The SMILES string of the molecule is CCOC(=O)CC(O)C(O)c1cc(C(=O)OC)cc([N+](=O)[O-])c1. The molecule has 126 valence electrons. The Morgan fingerprint density at radius 1 is 1.30 bits per heavy atom. The minimum Gasteiger partial charge on any atom is -0.466 e. The second kappa shape index (κ2) is 8.20. The van der Waals surface area contributed by atoms with E-state index in [1.807, 2.05) is 0 Å². The molecule has 9 nitrogen and oxygen atoms in total. The van der Waals surface area contributed by atoms with E-state index in [0.29, 0.717) is 0 Å². The number of methoxy groups -OCH3 is 1. The number of nitro benzene ring substituents is 1. The first-order valence-electron chi connectivity index (χ1n) is 6.69. The van der Waals surface area contributed by atoms with E-state index in [1.165, 1.54) is 0 Å². The van der Waals surface area contributed by atoms with Crippen LogP contribution >= 0.6 is 0 Å². The normalized spacial score (nSPS) is 13.0. The van der Waals surface area contributed by atoms with Gasteiger partial charge in [-0.15, -0.1) is 0 Å². The third-order valence-electron chi connectivity index (χ3n) is 2.96. The highest BCUT2D eigenvalue weighted by Crippen LogP contribution is 2.26. The van der Waals surface area contributed by atoms with Crippen LogP contribution in [-0.4, -0.2) is 46.9 Å². The van der Waals surface area contributed by atoms with Crippen molar-refractivity contribution in [2.75, 3.05) is 13.7 Å². The van der Waals surface area contributed by atoms with Crippen molar-refractivity contribution in [3.63, 3.8) is 0 Å². The van der Waals surface area contributed by atoms with Crippen LogP contribution in [0.1, 0.15) is 35.4 Å². The van der Waals surface area contributed by atoms with Gasteiger partial charge in [-0.2, -0.15) is 0 Å². The first-order valence-corrected chi connectivity index (χ1v) is 6.69. The highest BCUT2D eigenvalue weighted by atomic mass is 16.6. The minimum absolute atomic E-state index is 0.0867. The number of carbonyl (C=O) groups is 2. The maximum atomic E-state index is 11.5. The number of nitro groups is 1. The molecule has 0 radical (unpaired) electrons. The molecule has 0 aliphatic heterocycles. The summed E-state index contributed by atoms with van der Waals surface area (Å²) in [5, 5.41) is 30.8. The quantitative estimate of drug-likeness (QED) is 0.425. The molecular formula is C14H17NO8. The number of ether oxygens (including phenoxy) is 2. The van der Waals surface area contributed by atoms with E-state index in [2.05, 4.69) is 9.47 Å². The van der Waals surface area contributed by atoms with Crippen LogP contribution < -0.4 is 0 Å². The molecule has 2 N–H and O–H groups in total.